The van der Waals surface area contributed by atoms with E-state index in [-0.39, 0.29) is 11.8 Å². The number of nitrogens with two attached hydrogens (primary N) is 1. The van der Waals surface area contributed by atoms with Crippen LogP contribution in [0.2, 0.25) is 10.0 Å². The number of benzene rings is 3. The van der Waals surface area contributed by atoms with Crippen molar-refractivity contribution in [2.75, 3.05) is 32.7 Å². The Morgan fingerprint density at radius 1 is 0.868 bits per heavy atom. The van der Waals surface area contributed by atoms with Crippen molar-refractivity contribution in [2.24, 2.45) is 11.7 Å². The fourth-order valence-electron chi connectivity index (χ4n) is 5.90. The summed E-state index contributed by atoms with van der Waals surface area (Å²) in [4.78, 5) is 30.2. The van der Waals surface area contributed by atoms with Gasteiger partial charge in [0.05, 0.1) is 15.5 Å². The second-order valence-electron chi connectivity index (χ2n) is 10.6. The third-order valence-corrected chi connectivity index (χ3v) is 9.04. The number of carbonyl (C=O) groups is 2. The van der Waals surface area contributed by atoms with Crippen LogP contribution in [-0.2, 0) is 10.2 Å². The molecule has 38 heavy (non-hydrogen) atoms. The first-order chi connectivity index (χ1) is 18.4. The topological polar surface area (TPSA) is 66.6 Å². The minimum atomic E-state index is -0.569. The molecular weight excluding hydrogens is 517 g/mol. The third-order valence-electron chi connectivity index (χ3n) is 8.30. The highest BCUT2D eigenvalue weighted by Gasteiger charge is 2.41. The zero-order valence-electron chi connectivity index (χ0n) is 21.4. The van der Waals surface area contributed by atoms with Crippen LogP contribution in [0.1, 0.15) is 41.6 Å². The van der Waals surface area contributed by atoms with E-state index < -0.39 is 5.41 Å². The number of hydrogen-bond donors (Lipinski definition) is 1. The highest BCUT2D eigenvalue weighted by Crippen LogP contribution is 2.36. The highest BCUT2D eigenvalue weighted by atomic mass is 35.5. The number of nitrogens with zero attached hydrogens (tertiary/aromatic N) is 2. The molecule has 3 aromatic rings. The molecule has 0 bridgehead atoms. The third kappa shape index (κ3) is 5.61. The van der Waals surface area contributed by atoms with Gasteiger partial charge in [-0.15, -0.1) is 0 Å². The highest BCUT2D eigenvalue weighted by molar-refractivity contribution is 6.42. The molecule has 7 heteroatoms. The van der Waals surface area contributed by atoms with Crippen LogP contribution < -0.4 is 5.73 Å². The quantitative estimate of drug-likeness (QED) is 0.391. The van der Waals surface area contributed by atoms with Crippen LogP contribution >= 0.6 is 23.2 Å². The van der Waals surface area contributed by atoms with Gasteiger partial charge in [-0.1, -0.05) is 71.7 Å². The number of halogens is 2. The Balaban J connectivity index is 1.14. The van der Waals surface area contributed by atoms with Crippen molar-refractivity contribution in [3.63, 3.8) is 0 Å². The van der Waals surface area contributed by atoms with Gasteiger partial charge in [-0.3, -0.25) is 9.59 Å². The zero-order chi connectivity index (χ0) is 26.7. The molecule has 2 N–H and O–H groups in total. The Hall–Kier alpha value is -2.86. The van der Waals surface area contributed by atoms with Crippen molar-refractivity contribution in [3.05, 3.63) is 94.0 Å². The fourth-order valence-corrected chi connectivity index (χ4v) is 6.20. The molecule has 2 aliphatic heterocycles. The molecule has 2 saturated heterocycles. The number of rotatable bonds is 7. The summed E-state index contributed by atoms with van der Waals surface area (Å²) in [6.07, 6.45) is 3.55. The molecule has 5 nitrogen and oxygen atoms in total. The lowest BCUT2D eigenvalue weighted by atomic mass is 9.72. The van der Waals surface area contributed by atoms with Crippen LogP contribution in [-0.4, -0.2) is 54.3 Å². The largest absolute Gasteiger partial charge is 0.369 e. The van der Waals surface area contributed by atoms with Gasteiger partial charge in [-0.2, -0.15) is 0 Å². The van der Waals surface area contributed by atoms with E-state index in [0.29, 0.717) is 21.5 Å². The number of carbonyl (C=O) groups excluding carboxylic acids is 2. The SMILES string of the molecule is NC(=O)C1(c2ccccc2)CCN(CCC2CCN(C(=O)c3cccc(-c4ccc(Cl)c(Cl)c4)c3)C2)CC1. The summed E-state index contributed by atoms with van der Waals surface area (Å²) in [7, 11) is 0. The van der Waals surface area contributed by atoms with Crippen LogP contribution in [0, 0.1) is 5.92 Å². The van der Waals surface area contributed by atoms with E-state index in [1.807, 2.05) is 71.6 Å². The number of hydrogen-bond acceptors (Lipinski definition) is 3. The Bertz CT molecular complexity index is 1310. The lowest BCUT2D eigenvalue weighted by Crippen LogP contribution is -2.50. The summed E-state index contributed by atoms with van der Waals surface area (Å²) in [6.45, 7) is 4.24. The Labute approximate surface area is 234 Å². The van der Waals surface area contributed by atoms with E-state index in [1.54, 1.807) is 6.07 Å². The van der Waals surface area contributed by atoms with Crippen molar-refractivity contribution in [1.29, 1.82) is 0 Å². The number of likely N-dealkylation sites (tertiary alicyclic amines) is 2. The molecule has 3 aromatic carbocycles. The predicted octanol–water partition coefficient (Wildman–Crippen LogP) is 6.03. The maximum absolute atomic E-state index is 13.3. The smallest absolute Gasteiger partial charge is 0.253 e. The molecular formula is C31H33Cl2N3O2. The van der Waals surface area contributed by atoms with E-state index >= 15 is 0 Å². The minimum absolute atomic E-state index is 0.0708. The maximum atomic E-state index is 13.3. The van der Waals surface area contributed by atoms with Gasteiger partial charge in [-0.25, -0.2) is 0 Å². The first kappa shape index (κ1) is 26.7. The lowest BCUT2D eigenvalue weighted by Gasteiger charge is -2.40. The molecule has 2 amide bonds. The number of amides is 2. The van der Waals surface area contributed by atoms with Crippen molar-refractivity contribution in [2.45, 2.75) is 31.1 Å². The molecule has 198 valence electrons. The first-order valence-corrected chi connectivity index (χ1v) is 14.0. The van der Waals surface area contributed by atoms with Crippen LogP contribution in [0.15, 0.2) is 72.8 Å². The van der Waals surface area contributed by atoms with Gasteiger partial charge in [0, 0.05) is 18.7 Å². The molecule has 1 unspecified atom stereocenters. The average molecular weight is 551 g/mol. The minimum Gasteiger partial charge on any atom is -0.369 e. The van der Waals surface area contributed by atoms with Crippen LogP contribution in [0.4, 0.5) is 0 Å². The van der Waals surface area contributed by atoms with Crippen molar-refractivity contribution < 1.29 is 9.59 Å². The molecule has 2 fully saturated rings. The van der Waals surface area contributed by atoms with Gasteiger partial charge >= 0.3 is 0 Å². The first-order valence-electron chi connectivity index (χ1n) is 13.3. The molecule has 0 aromatic heterocycles. The molecule has 0 aliphatic carbocycles. The van der Waals surface area contributed by atoms with Gasteiger partial charge < -0.3 is 15.5 Å². The number of primary amides is 1. The fraction of sp³-hybridized carbons (Fsp3) is 0.355. The average Bonchev–Trinajstić information content (AvgIpc) is 3.43. The molecule has 5 rings (SSSR count). The van der Waals surface area contributed by atoms with Gasteiger partial charge in [-0.05, 0) is 92.2 Å². The monoisotopic (exact) mass is 549 g/mol. The molecule has 0 spiro atoms. The normalized spacial score (nSPS) is 19.4. The van der Waals surface area contributed by atoms with Crippen molar-refractivity contribution in [3.8, 4) is 11.1 Å². The Kier molecular flexibility index (Phi) is 8.08. The second-order valence-corrected chi connectivity index (χ2v) is 11.4. The van der Waals surface area contributed by atoms with Gasteiger partial charge in [0.25, 0.3) is 5.91 Å². The van der Waals surface area contributed by atoms with Crippen LogP contribution in [0.25, 0.3) is 11.1 Å². The van der Waals surface area contributed by atoms with Gasteiger partial charge in [0.1, 0.15) is 0 Å². The molecule has 0 radical (unpaired) electrons. The van der Waals surface area contributed by atoms with Gasteiger partial charge in [0.2, 0.25) is 5.91 Å². The van der Waals surface area contributed by atoms with Crippen LogP contribution in [0.5, 0.6) is 0 Å². The Morgan fingerprint density at radius 3 is 2.32 bits per heavy atom. The summed E-state index contributed by atoms with van der Waals surface area (Å²) >= 11 is 12.3. The number of piperidine rings is 1. The lowest BCUT2D eigenvalue weighted by molar-refractivity contribution is -0.125. The molecule has 2 heterocycles. The van der Waals surface area contributed by atoms with E-state index in [1.165, 1.54) is 0 Å². The summed E-state index contributed by atoms with van der Waals surface area (Å²) in [5.41, 5.74) is 8.92. The standard InChI is InChI=1S/C31H33Cl2N3O2/c32-27-10-9-24(20-28(27)33)23-5-4-6-25(19-23)29(37)36-16-12-22(21-36)11-15-35-17-13-31(14-18-35,30(34)38)26-7-2-1-3-8-26/h1-10,19-20,22H,11-18,21H2,(H2,34,38). The Morgan fingerprint density at radius 2 is 1.61 bits per heavy atom. The molecule has 1 atom stereocenters. The maximum Gasteiger partial charge on any atom is 0.253 e. The summed E-state index contributed by atoms with van der Waals surface area (Å²) < 4.78 is 0. The van der Waals surface area contributed by atoms with E-state index in [4.69, 9.17) is 28.9 Å². The zero-order valence-corrected chi connectivity index (χ0v) is 22.9. The van der Waals surface area contributed by atoms with E-state index in [9.17, 15) is 9.59 Å². The van der Waals surface area contributed by atoms with E-state index in [2.05, 4.69) is 4.90 Å². The van der Waals surface area contributed by atoms with Gasteiger partial charge in [0.15, 0.2) is 0 Å². The van der Waals surface area contributed by atoms with Crippen molar-refractivity contribution >= 4 is 35.0 Å². The molecule has 2 aliphatic rings. The predicted molar refractivity (Wildman–Crippen MR) is 154 cm³/mol. The molecule has 0 saturated carbocycles. The van der Waals surface area contributed by atoms with Crippen LogP contribution in [0.3, 0.4) is 0 Å². The summed E-state index contributed by atoms with van der Waals surface area (Å²) in [5, 5.41) is 1.01. The summed E-state index contributed by atoms with van der Waals surface area (Å²) in [5.74, 6) is 0.326. The second kappa shape index (κ2) is 11.5. The van der Waals surface area contributed by atoms with E-state index in [0.717, 1.165) is 75.1 Å². The van der Waals surface area contributed by atoms with Crippen molar-refractivity contribution in [1.82, 2.24) is 9.80 Å². The summed E-state index contributed by atoms with van der Waals surface area (Å²) in [6, 6.07) is 23.2.